The number of nitriles is 1. The SMILES string of the molecule is CC1CCCCC1Nc1ncccc1C#N. The van der Waals surface area contributed by atoms with E-state index < -0.39 is 0 Å². The maximum Gasteiger partial charge on any atom is 0.144 e. The number of nitrogens with one attached hydrogen (secondary N) is 1. The predicted molar refractivity (Wildman–Crippen MR) is 64.0 cm³/mol. The lowest BCUT2D eigenvalue weighted by atomic mass is 9.86. The van der Waals surface area contributed by atoms with Crippen LogP contribution in [0.1, 0.15) is 38.2 Å². The quantitative estimate of drug-likeness (QED) is 0.825. The molecule has 1 aliphatic carbocycles. The van der Waals surface area contributed by atoms with E-state index in [-0.39, 0.29) is 0 Å². The fraction of sp³-hybridized carbons (Fsp3) is 0.538. The van der Waals surface area contributed by atoms with E-state index in [9.17, 15) is 0 Å². The van der Waals surface area contributed by atoms with Gasteiger partial charge in [-0.05, 0) is 30.9 Å². The molecule has 1 fully saturated rings. The first-order chi connectivity index (χ1) is 7.81. The van der Waals surface area contributed by atoms with Crippen LogP contribution in [0.25, 0.3) is 0 Å². The highest BCUT2D eigenvalue weighted by Gasteiger charge is 2.21. The molecule has 3 heteroatoms. The summed E-state index contributed by atoms with van der Waals surface area (Å²) in [6.45, 7) is 2.27. The summed E-state index contributed by atoms with van der Waals surface area (Å²) in [5.74, 6) is 1.41. The van der Waals surface area contributed by atoms with Crippen LogP contribution in [0.4, 0.5) is 5.82 Å². The molecule has 0 aliphatic heterocycles. The molecule has 2 unspecified atom stereocenters. The first kappa shape index (κ1) is 10.9. The van der Waals surface area contributed by atoms with Crippen LogP contribution in [0.5, 0.6) is 0 Å². The zero-order chi connectivity index (χ0) is 11.4. The van der Waals surface area contributed by atoms with E-state index in [0.717, 1.165) is 5.82 Å². The van der Waals surface area contributed by atoms with Crippen LogP contribution in [0.2, 0.25) is 0 Å². The minimum Gasteiger partial charge on any atom is -0.366 e. The number of nitrogens with zero attached hydrogens (tertiary/aromatic N) is 2. The topological polar surface area (TPSA) is 48.7 Å². The molecule has 0 spiro atoms. The maximum atomic E-state index is 8.98. The summed E-state index contributed by atoms with van der Waals surface area (Å²) >= 11 is 0. The predicted octanol–water partition coefficient (Wildman–Crippen LogP) is 2.94. The number of hydrogen-bond acceptors (Lipinski definition) is 3. The second-order valence-electron chi connectivity index (χ2n) is 4.52. The molecule has 84 valence electrons. The van der Waals surface area contributed by atoms with Crippen molar-refractivity contribution in [2.75, 3.05) is 5.32 Å². The van der Waals surface area contributed by atoms with Crippen LogP contribution in [0, 0.1) is 17.2 Å². The highest BCUT2D eigenvalue weighted by molar-refractivity contribution is 5.51. The van der Waals surface area contributed by atoms with Crippen molar-refractivity contribution in [2.24, 2.45) is 5.92 Å². The lowest BCUT2D eigenvalue weighted by Crippen LogP contribution is -2.30. The van der Waals surface area contributed by atoms with Crippen LogP contribution >= 0.6 is 0 Å². The lowest BCUT2D eigenvalue weighted by Gasteiger charge is -2.30. The number of pyridine rings is 1. The molecule has 1 aromatic rings. The third kappa shape index (κ3) is 2.33. The largest absolute Gasteiger partial charge is 0.366 e. The van der Waals surface area contributed by atoms with E-state index in [0.29, 0.717) is 17.5 Å². The molecule has 3 nitrogen and oxygen atoms in total. The minimum absolute atomic E-state index is 0.468. The molecule has 16 heavy (non-hydrogen) atoms. The summed E-state index contributed by atoms with van der Waals surface area (Å²) in [5.41, 5.74) is 0.639. The van der Waals surface area contributed by atoms with E-state index in [1.54, 1.807) is 12.3 Å². The fourth-order valence-electron chi connectivity index (χ4n) is 2.32. The van der Waals surface area contributed by atoms with Gasteiger partial charge in [0.05, 0.1) is 5.56 Å². The average molecular weight is 215 g/mol. The van der Waals surface area contributed by atoms with Gasteiger partial charge < -0.3 is 5.32 Å². The van der Waals surface area contributed by atoms with Gasteiger partial charge in [0.15, 0.2) is 0 Å². The summed E-state index contributed by atoms with van der Waals surface area (Å²) in [4.78, 5) is 4.24. The van der Waals surface area contributed by atoms with Crippen molar-refractivity contribution in [1.29, 1.82) is 5.26 Å². The van der Waals surface area contributed by atoms with Gasteiger partial charge >= 0.3 is 0 Å². The van der Waals surface area contributed by atoms with Crippen LogP contribution < -0.4 is 5.32 Å². The Bertz CT molecular complexity index is 394. The standard InChI is InChI=1S/C13H17N3/c1-10-5-2-3-7-12(10)16-13-11(9-14)6-4-8-15-13/h4,6,8,10,12H,2-3,5,7H2,1H3,(H,15,16). The number of rotatable bonds is 2. The van der Waals surface area contributed by atoms with Gasteiger partial charge in [-0.25, -0.2) is 4.98 Å². The number of hydrogen-bond donors (Lipinski definition) is 1. The molecule has 2 rings (SSSR count). The highest BCUT2D eigenvalue weighted by atomic mass is 15.0. The normalized spacial score (nSPS) is 24.8. The zero-order valence-corrected chi connectivity index (χ0v) is 9.61. The van der Waals surface area contributed by atoms with E-state index in [1.807, 2.05) is 6.07 Å². The van der Waals surface area contributed by atoms with E-state index in [4.69, 9.17) is 5.26 Å². The second-order valence-corrected chi connectivity index (χ2v) is 4.52. The van der Waals surface area contributed by atoms with Crippen molar-refractivity contribution in [3.8, 4) is 6.07 Å². The summed E-state index contributed by atoms with van der Waals surface area (Å²) in [7, 11) is 0. The summed E-state index contributed by atoms with van der Waals surface area (Å²) in [5, 5.41) is 12.4. The molecular formula is C13H17N3. The third-order valence-electron chi connectivity index (χ3n) is 3.36. The molecule has 0 radical (unpaired) electrons. The first-order valence-electron chi connectivity index (χ1n) is 5.93. The Kier molecular flexibility index (Phi) is 3.40. The zero-order valence-electron chi connectivity index (χ0n) is 9.61. The molecule has 0 saturated heterocycles. The minimum atomic E-state index is 0.468. The van der Waals surface area contributed by atoms with Crippen molar-refractivity contribution < 1.29 is 0 Å². The average Bonchev–Trinajstić information content (AvgIpc) is 2.33. The molecule has 1 heterocycles. The molecule has 2 atom stereocenters. The molecule has 0 bridgehead atoms. The van der Waals surface area contributed by atoms with Gasteiger partial charge in [0.1, 0.15) is 11.9 Å². The third-order valence-corrected chi connectivity index (χ3v) is 3.36. The van der Waals surface area contributed by atoms with Crippen molar-refractivity contribution in [1.82, 2.24) is 4.98 Å². The summed E-state index contributed by atoms with van der Waals surface area (Å²) < 4.78 is 0. The summed E-state index contributed by atoms with van der Waals surface area (Å²) in [6.07, 6.45) is 6.79. The Labute approximate surface area is 96.5 Å². The van der Waals surface area contributed by atoms with E-state index in [1.165, 1.54) is 25.7 Å². The molecule has 0 amide bonds. The van der Waals surface area contributed by atoms with Crippen molar-refractivity contribution in [3.63, 3.8) is 0 Å². The van der Waals surface area contributed by atoms with Gasteiger partial charge in [-0.1, -0.05) is 19.8 Å². The van der Waals surface area contributed by atoms with E-state index >= 15 is 0 Å². The monoisotopic (exact) mass is 215 g/mol. The number of anilines is 1. The Morgan fingerprint density at radius 1 is 1.44 bits per heavy atom. The molecular weight excluding hydrogens is 198 g/mol. The van der Waals surface area contributed by atoms with Gasteiger partial charge in [0.2, 0.25) is 0 Å². The van der Waals surface area contributed by atoms with Gasteiger partial charge in [0.25, 0.3) is 0 Å². The van der Waals surface area contributed by atoms with Gasteiger partial charge in [-0.15, -0.1) is 0 Å². The highest BCUT2D eigenvalue weighted by Crippen LogP contribution is 2.26. The summed E-state index contributed by atoms with van der Waals surface area (Å²) in [6, 6.07) is 6.25. The maximum absolute atomic E-state index is 8.98. The molecule has 0 aromatic carbocycles. The Hall–Kier alpha value is -1.56. The van der Waals surface area contributed by atoms with Crippen LogP contribution in [-0.2, 0) is 0 Å². The van der Waals surface area contributed by atoms with Crippen LogP contribution in [0.15, 0.2) is 18.3 Å². The Morgan fingerprint density at radius 3 is 3.00 bits per heavy atom. The second kappa shape index (κ2) is 4.98. The van der Waals surface area contributed by atoms with Crippen molar-refractivity contribution in [2.45, 2.75) is 38.6 Å². The molecule has 1 aromatic heterocycles. The van der Waals surface area contributed by atoms with Gasteiger partial charge in [0, 0.05) is 12.2 Å². The van der Waals surface area contributed by atoms with Crippen molar-refractivity contribution >= 4 is 5.82 Å². The fourth-order valence-corrected chi connectivity index (χ4v) is 2.32. The smallest absolute Gasteiger partial charge is 0.144 e. The van der Waals surface area contributed by atoms with Gasteiger partial charge in [-0.2, -0.15) is 5.26 Å². The number of aromatic nitrogens is 1. The van der Waals surface area contributed by atoms with Crippen LogP contribution in [0.3, 0.4) is 0 Å². The first-order valence-corrected chi connectivity index (χ1v) is 5.93. The molecule has 1 N–H and O–H groups in total. The molecule has 1 aliphatic rings. The Balaban J connectivity index is 2.11. The molecule has 1 saturated carbocycles. The van der Waals surface area contributed by atoms with Gasteiger partial charge in [-0.3, -0.25) is 0 Å². The van der Waals surface area contributed by atoms with Crippen LogP contribution in [-0.4, -0.2) is 11.0 Å². The van der Waals surface area contributed by atoms with Crippen molar-refractivity contribution in [3.05, 3.63) is 23.9 Å². The Morgan fingerprint density at radius 2 is 2.25 bits per heavy atom. The lowest BCUT2D eigenvalue weighted by molar-refractivity contribution is 0.349. The van der Waals surface area contributed by atoms with E-state index in [2.05, 4.69) is 23.3 Å².